The maximum atomic E-state index is 12.8. The highest BCUT2D eigenvalue weighted by Gasteiger charge is 2.34. The van der Waals surface area contributed by atoms with Gasteiger partial charge in [-0.2, -0.15) is 4.98 Å². The fourth-order valence-corrected chi connectivity index (χ4v) is 3.37. The number of amides is 2. The Morgan fingerprint density at radius 1 is 1.16 bits per heavy atom. The zero-order valence-corrected chi connectivity index (χ0v) is 14.4. The third-order valence-corrected chi connectivity index (χ3v) is 4.99. The molecule has 0 bridgehead atoms. The Morgan fingerprint density at radius 2 is 2.00 bits per heavy atom. The van der Waals surface area contributed by atoms with Gasteiger partial charge in [0.1, 0.15) is 6.04 Å². The Bertz CT molecular complexity index is 711. The SMILES string of the molecule is O=C(NCc1ccccc1)N1CCCCCC1c1nc(C2CC2)no1. The molecule has 4 rings (SSSR count). The van der Waals surface area contributed by atoms with Gasteiger partial charge in [0.25, 0.3) is 0 Å². The largest absolute Gasteiger partial charge is 0.337 e. The van der Waals surface area contributed by atoms with Gasteiger partial charge in [-0.05, 0) is 31.2 Å². The monoisotopic (exact) mass is 340 g/mol. The molecule has 1 aromatic heterocycles. The second-order valence-electron chi connectivity index (χ2n) is 6.97. The molecule has 2 aromatic rings. The van der Waals surface area contributed by atoms with Gasteiger partial charge >= 0.3 is 6.03 Å². The molecular formula is C19H24N4O2. The molecule has 1 unspecified atom stereocenters. The van der Waals surface area contributed by atoms with Crippen LogP contribution in [-0.4, -0.2) is 27.6 Å². The quantitative estimate of drug-likeness (QED) is 0.919. The number of carbonyl (C=O) groups is 1. The average molecular weight is 340 g/mol. The van der Waals surface area contributed by atoms with Gasteiger partial charge in [0.15, 0.2) is 5.82 Å². The fraction of sp³-hybridized carbons (Fsp3) is 0.526. The van der Waals surface area contributed by atoms with Crippen molar-refractivity contribution in [3.63, 3.8) is 0 Å². The first kappa shape index (κ1) is 16.1. The van der Waals surface area contributed by atoms with E-state index in [1.165, 1.54) is 0 Å². The maximum Gasteiger partial charge on any atom is 0.318 e. The zero-order valence-electron chi connectivity index (χ0n) is 14.4. The van der Waals surface area contributed by atoms with E-state index in [0.717, 1.165) is 56.5 Å². The topological polar surface area (TPSA) is 71.3 Å². The van der Waals surface area contributed by atoms with Crippen molar-refractivity contribution in [3.8, 4) is 0 Å². The summed E-state index contributed by atoms with van der Waals surface area (Å²) in [6.07, 6.45) is 6.39. The predicted octanol–water partition coefficient (Wildman–Crippen LogP) is 3.77. The van der Waals surface area contributed by atoms with Crippen LogP contribution in [0, 0.1) is 0 Å². The third-order valence-electron chi connectivity index (χ3n) is 4.99. The molecule has 2 fully saturated rings. The first-order chi connectivity index (χ1) is 12.3. The number of urea groups is 1. The van der Waals surface area contributed by atoms with Crippen LogP contribution in [0.3, 0.4) is 0 Å². The Kier molecular flexibility index (Phi) is 4.68. The zero-order chi connectivity index (χ0) is 17.1. The summed E-state index contributed by atoms with van der Waals surface area (Å²) in [6.45, 7) is 1.26. The molecule has 0 radical (unpaired) electrons. The number of rotatable bonds is 4. The number of nitrogens with zero attached hydrogens (tertiary/aromatic N) is 3. The smallest absolute Gasteiger partial charge is 0.318 e. The number of hydrogen-bond acceptors (Lipinski definition) is 4. The number of hydrogen-bond donors (Lipinski definition) is 1. The van der Waals surface area contributed by atoms with Crippen LogP contribution in [0.15, 0.2) is 34.9 Å². The second kappa shape index (κ2) is 7.25. The van der Waals surface area contributed by atoms with E-state index in [4.69, 9.17) is 4.52 Å². The van der Waals surface area contributed by atoms with Gasteiger partial charge in [-0.1, -0.05) is 48.3 Å². The van der Waals surface area contributed by atoms with Gasteiger partial charge in [0.2, 0.25) is 5.89 Å². The lowest BCUT2D eigenvalue weighted by molar-refractivity contribution is 0.158. The van der Waals surface area contributed by atoms with E-state index >= 15 is 0 Å². The molecule has 25 heavy (non-hydrogen) atoms. The van der Waals surface area contributed by atoms with Crippen LogP contribution in [0.2, 0.25) is 0 Å². The minimum atomic E-state index is -0.113. The Labute approximate surface area is 147 Å². The predicted molar refractivity (Wildman–Crippen MR) is 92.9 cm³/mol. The summed E-state index contributed by atoms with van der Waals surface area (Å²) in [4.78, 5) is 19.3. The van der Waals surface area contributed by atoms with Crippen LogP contribution in [0.1, 0.15) is 67.8 Å². The third kappa shape index (κ3) is 3.83. The van der Waals surface area contributed by atoms with Gasteiger partial charge in [0.05, 0.1) is 0 Å². The summed E-state index contributed by atoms with van der Waals surface area (Å²) in [5.74, 6) is 1.87. The van der Waals surface area contributed by atoms with E-state index in [1.54, 1.807) is 0 Å². The highest BCUT2D eigenvalue weighted by Crippen LogP contribution is 2.39. The van der Waals surface area contributed by atoms with Crippen molar-refractivity contribution < 1.29 is 9.32 Å². The summed E-state index contributed by atoms with van der Waals surface area (Å²) in [6, 6.07) is 9.80. The standard InChI is InChI=1S/C19H24N4O2/c24-19(20-13-14-7-3-1-4-8-14)23-12-6-2-5-9-16(23)18-21-17(22-25-18)15-10-11-15/h1,3-4,7-8,15-16H,2,5-6,9-13H2,(H,20,24). The van der Waals surface area contributed by atoms with Gasteiger partial charge in [-0.25, -0.2) is 4.79 Å². The van der Waals surface area contributed by atoms with E-state index in [0.29, 0.717) is 18.4 Å². The number of carbonyl (C=O) groups excluding carboxylic acids is 1. The second-order valence-corrected chi connectivity index (χ2v) is 6.97. The molecule has 1 aliphatic carbocycles. The number of likely N-dealkylation sites (tertiary alicyclic amines) is 1. The van der Waals surface area contributed by atoms with Crippen molar-refractivity contribution >= 4 is 6.03 Å². The molecule has 2 aliphatic rings. The number of aromatic nitrogens is 2. The molecule has 1 aliphatic heterocycles. The van der Waals surface area contributed by atoms with E-state index in [-0.39, 0.29) is 12.1 Å². The molecule has 6 nitrogen and oxygen atoms in total. The molecule has 1 saturated carbocycles. The molecule has 132 valence electrons. The molecule has 1 saturated heterocycles. The first-order valence-corrected chi connectivity index (χ1v) is 9.23. The summed E-state index contributed by atoms with van der Waals surface area (Å²) in [7, 11) is 0. The van der Waals surface area contributed by atoms with Gasteiger partial charge in [-0.3, -0.25) is 0 Å². The Hall–Kier alpha value is -2.37. The van der Waals surface area contributed by atoms with Gasteiger partial charge < -0.3 is 14.7 Å². The average Bonchev–Trinajstić information content (AvgIpc) is 3.43. The van der Waals surface area contributed by atoms with E-state index in [1.807, 2.05) is 35.2 Å². The molecular weight excluding hydrogens is 316 g/mol. The van der Waals surface area contributed by atoms with Crippen LogP contribution < -0.4 is 5.32 Å². The van der Waals surface area contributed by atoms with Gasteiger partial charge in [0, 0.05) is 19.0 Å². The highest BCUT2D eigenvalue weighted by atomic mass is 16.5. The summed E-state index contributed by atoms with van der Waals surface area (Å²) < 4.78 is 5.52. The van der Waals surface area contributed by atoms with Crippen molar-refractivity contribution in [3.05, 3.63) is 47.6 Å². The van der Waals surface area contributed by atoms with Crippen molar-refractivity contribution in [2.75, 3.05) is 6.54 Å². The number of nitrogens with one attached hydrogen (secondary N) is 1. The molecule has 1 atom stereocenters. The lowest BCUT2D eigenvalue weighted by atomic mass is 10.1. The van der Waals surface area contributed by atoms with E-state index in [9.17, 15) is 4.79 Å². The van der Waals surface area contributed by atoms with Crippen molar-refractivity contribution in [2.45, 2.75) is 57.0 Å². The highest BCUT2D eigenvalue weighted by molar-refractivity contribution is 5.74. The summed E-state index contributed by atoms with van der Waals surface area (Å²) in [5.41, 5.74) is 1.09. The first-order valence-electron chi connectivity index (χ1n) is 9.23. The minimum Gasteiger partial charge on any atom is -0.337 e. The number of benzene rings is 1. The molecule has 6 heteroatoms. The molecule has 2 amide bonds. The van der Waals surface area contributed by atoms with Crippen molar-refractivity contribution in [1.29, 1.82) is 0 Å². The lowest BCUT2D eigenvalue weighted by Gasteiger charge is -2.27. The normalized spacial score (nSPS) is 21.0. The Balaban J connectivity index is 1.46. The molecule has 1 aromatic carbocycles. The van der Waals surface area contributed by atoms with E-state index in [2.05, 4.69) is 15.5 Å². The van der Waals surface area contributed by atoms with Gasteiger partial charge in [-0.15, -0.1) is 0 Å². The lowest BCUT2D eigenvalue weighted by Crippen LogP contribution is -2.42. The van der Waals surface area contributed by atoms with Crippen LogP contribution in [0.5, 0.6) is 0 Å². The van der Waals surface area contributed by atoms with Crippen molar-refractivity contribution in [1.82, 2.24) is 20.4 Å². The van der Waals surface area contributed by atoms with Crippen LogP contribution >= 0.6 is 0 Å². The molecule has 1 N–H and O–H groups in total. The van der Waals surface area contributed by atoms with Crippen LogP contribution in [-0.2, 0) is 6.54 Å². The minimum absolute atomic E-state index is 0.0538. The molecule has 2 heterocycles. The van der Waals surface area contributed by atoms with E-state index < -0.39 is 0 Å². The Morgan fingerprint density at radius 3 is 2.80 bits per heavy atom. The summed E-state index contributed by atoms with van der Waals surface area (Å²) in [5, 5.41) is 7.16. The fourth-order valence-electron chi connectivity index (χ4n) is 3.37. The summed E-state index contributed by atoms with van der Waals surface area (Å²) >= 11 is 0. The molecule has 0 spiro atoms. The van der Waals surface area contributed by atoms with Crippen molar-refractivity contribution in [2.24, 2.45) is 0 Å². The van der Waals surface area contributed by atoms with Crippen LogP contribution in [0.4, 0.5) is 4.79 Å². The van der Waals surface area contributed by atoms with Crippen LogP contribution in [0.25, 0.3) is 0 Å². The maximum absolute atomic E-state index is 12.8.